The molecular formula is C24H21N5O3. The normalized spacial score (nSPS) is 13.6. The van der Waals surface area contributed by atoms with E-state index in [-0.39, 0.29) is 11.6 Å². The Morgan fingerprint density at radius 2 is 1.94 bits per heavy atom. The van der Waals surface area contributed by atoms with Crippen molar-refractivity contribution in [1.82, 2.24) is 14.9 Å². The minimum absolute atomic E-state index is 0.0320. The molecule has 0 unspecified atom stereocenters. The number of non-ortho nitro benzene ring substituents is 1. The van der Waals surface area contributed by atoms with E-state index in [1.807, 2.05) is 47.4 Å². The molecule has 1 aliphatic heterocycles. The minimum atomic E-state index is -0.392. The molecule has 0 radical (unpaired) electrons. The molecule has 32 heavy (non-hydrogen) atoms. The summed E-state index contributed by atoms with van der Waals surface area (Å²) in [5.41, 5.74) is 3.15. The average molecular weight is 427 g/mol. The monoisotopic (exact) mass is 427 g/mol. The Balaban J connectivity index is 1.51. The van der Waals surface area contributed by atoms with Crippen LogP contribution < -0.4 is 4.90 Å². The van der Waals surface area contributed by atoms with Gasteiger partial charge in [0.2, 0.25) is 0 Å². The number of amides is 1. The number of nitrogens with one attached hydrogen (secondary N) is 1. The van der Waals surface area contributed by atoms with Crippen molar-refractivity contribution >= 4 is 28.1 Å². The van der Waals surface area contributed by atoms with Gasteiger partial charge in [0.1, 0.15) is 0 Å². The van der Waals surface area contributed by atoms with Crippen LogP contribution in [-0.2, 0) is 13.1 Å². The number of hydrogen-bond acceptors (Lipinski definition) is 5. The van der Waals surface area contributed by atoms with E-state index in [0.717, 1.165) is 27.7 Å². The molecule has 5 rings (SSSR count). The predicted molar refractivity (Wildman–Crippen MR) is 121 cm³/mol. The van der Waals surface area contributed by atoms with Crippen molar-refractivity contribution in [2.75, 3.05) is 18.0 Å². The number of imidazole rings is 1. The Morgan fingerprint density at radius 3 is 2.75 bits per heavy atom. The summed E-state index contributed by atoms with van der Waals surface area (Å²) in [4.78, 5) is 35.7. The number of hydrogen-bond donors (Lipinski definition) is 1. The summed E-state index contributed by atoms with van der Waals surface area (Å²) in [6.07, 6.45) is 3.42. The SMILES string of the molecule is O=C(c1cccc2ccccc12)N1CCN(Cc2c[nH]cn2)c2cc([N+](=O)[O-])ccc2C1. The number of nitro groups is 1. The number of carbonyl (C=O) groups is 1. The number of benzene rings is 3. The third-order valence-corrected chi connectivity index (χ3v) is 5.84. The molecule has 1 amide bonds. The van der Waals surface area contributed by atoms with Crippen LogP contribution >= 0.6 is 0 Å². The molecule has 8 heteroatoms. The molecule has 1 aliphatic rings. The van der Waals surface area contributed by atoms with Gasteiger partial charge < -0.3 is 14.8 Å². The summed E-state index contributed by atoms with van der Waals surface area (Å²) in [6.45, 7) is 1.91. The minimum Gasteiger partial charge on any atom is -0.363 e. The third kappa shape index (κ3) is 3.66. The molecule has 0 spiro atoms. The van der Waals surface area contributed by atoms with Crippen LogP contribution in [0.2, 0.25) is 0 Å². The predicted octanol–water partition coefficient (Wildman–Crippen LogP) is 4.13. The van der Waals surface area contributed by atoms with Crippen molar-refractivity contribution in [3.05, 3.63) is 100 Å². The first kappa shape index (κ1) is 19.7. The first-order chi connectivity index (χ1) is 15.6. The summed E-state index contributed by atoms with van der Waals surface area (Å²) in [7, 11) is 0. The van der Waals surface area contributed by atoms with Crippen molar-refractivity contribution in [1.29, 1.82) is 0 Å². The van der Waals surface area contributed by atoms with Gasteiger partial charge in [-0.1, -0.05) is 36.4 Å². The van der Waals surface area contributed by atoms with Crippen LogP contribution in [0, 0.1) is 10.1 Å². The fourth-order valence-electron chi connectivity index (χ4n) is 4.23. The smallest absolute Gasteiger partial charge is 0.271 e. The zero-order valence-corrected chi connectivity index (χ0v) is 17.3. The summed E-state index contributed by atoms with van der Waals surface area (Å²) in [5, 5.41) is 13.3. The maximum Gasteiger partial charge on any atom is 0.271 e. The number of aromatic amines is 1. The quantitative estimate of drug-likeness (QED) is 0.390. The maximum atomic E-state index is 13.6. The zero-order chi connectivity index (χ0) is 22.1. The van der Waals surface area contributed by atoms with Gasteiger partial charge in [-0.25, -0.2) is 4.98 Å². The molecule has 160 valence electrons. The standard InChI is InChI=1S/C24H21N5O3/c30-24(22-7-3-5-17-4-1-2-6-21(17)22)28-11-10-27(15-19-13-25-16-26-19)23-12-20(29(31)32)9-8-18(23)14-28/h1-9,12-13,16H,10-11,14-15H2,(H,25,26). The van der Waals surface area contributed by atoms with E-state index in [1.54, 1.807) is 24.7 Å². The molecule has 0 bridgehead atoms. The van der Waals surface area contributed by atoms with Crippen LogP contribution in [0.3, 0.4) is 0 Å². The molecule has 0 aliphatic carbocycles. The summed E-state index contributed by atoms with van der Waals surface area (Å²) >= 11 is 0. The average Bonchev–Trinajstić information content (AvgIpc) is 3.26. The number of H-pyrrole nitrogens is 1. The molecule has 0 atom stereocenters. The second-order valence-electron chi connectivity index (χ2n) is 7.81. The number of fused-ring (bicyclic) bond motifs is 2. The Kier molecular flexibility index (Phi) is 5.03. The molecule has 0 fully saturated rings. The molecule has 1 aromatic heterocycles. The van der Waals surface area contributed by atoms with Gasteiger partial charge in [0.15, 0.2) is 0 Å². The van der Waals surface area contributed by atoms with Crippen LogP contribution in [0.25, 0.3) is 10.8 Å². The Hall–Kier alpha value is -4.20. The number of anilines is 1. The van der Waals surface area contributed by atoms with Gasteiger partial charge in [-0.15, -0.1) is 0 Å². The fourth-order valence-corrected chi connectivity index (χ4v) is 4.23. The van der Waals surface area contributed by atoms with E-state index in [9.17, 15) is 14.9 Å². The Morgan fingerprint density at radius 1 is 1.09 bits per heavy atom. The van der Waals surface area contributed by atoms with Crippen molar-refractivity contribution in [3.63, 3.8) is 0 Å². The Bertz CT molecular complexity index is 1300. The lowest BCUT2D eigenvalue weighted by Crippen LogP contribution is -2.35. The van der Waals surface area contributed by atoms with Crippen LogP contribution in [0.5, 0.6) is 0 Å². The number of rotatable bonds is 4. The summed E-state index contributed by atoms with van der Waals surface area (Å²) in [5.74, 6) is -0.0484. The lowest BCUT2D eigenvalue weighted by Gasteiger charge is -2.24. The van der Waals surface area contributed by atoms with E-state index < -0.39 is 4.92 Å². The second-order valence-corrected chi connectivity index (χ2v) is 7.81. The number of carbonyl (C=O) groups excluding carboxylic acids is 1. The second kappa shape index (κ2) is 8.14. The van der Waals surface area contributed by atoms with Gasteiger partial charge in [0, 0.05) is 49.2 Å². The molecule has 0 saturated carbocycles. The van der Waals surface area contributed by atoms with Gasteiger partial charge in [-0.2, -0.15) is 0 Å². The number of aromatic nitrogens is 2. The molecule has 2 heterocycles. The lowest BCUT2D eigenvalue weighted by molar-refractivity contribution is -0.384. The van der Waals surface area contributed by atoms with E-state index in [2.05, 4.69) is 14.9 Å². The maximum absolute atomic E-state index is 13.6. The van der Waals surface area contributed by atoms with Gasteiger partial charge in [-0.3, -0.25) is 14.9 Å². The highest BCUT2D eigenvalue weighted by molar-refractivity contribution is 6.07. The van der Waals surface area contributed by atoms with Gasteiger partial charge in [-0.05, 0) is 28.5 Å². The summed E-state index contributed by atoms with van der Waals surface area (Å²) in [6, 6.07) is 18.4. The topological polar surface area (TPSA) is 95.4 Å². The molecule has 3 aromatic carbocycles. The van der Waals surface area contributed by atoms with Crippen LogP contribution in [-0.4, -0.2) is 38.8 Å². The van der Waals surface area contributed by atoms with E-state index >= 15 is 0 Å². The van der Waals surface area contributed by atoms with Gasteiger partial charge in [0.25, 0.3) is 11.6 Å². The number of nitrogens with zero attached hydrogens (tertiary/aromatic N) is 4. The summed E-state index contributed by atoms with van der Waals surface area (Å²) < 4.78 is 0. The van der Waals surface area contributed by atoms with Crippen molar-refractivity contribution in [2.45, 2.75) is 13.1 Å². The number of nitro benzene ring substituents is 1. The first-order valence-electron chi connectivity index (χ1n) is 10.4. The van der Waals surface area contributed by atoms with E-state index in [1.165, 1.54) is 6.07 Å². The lowest BCUT2D eigenvalue weighted by atomic mass is 10.0. The zero-order valence-electron chi connectivity index (χ0n) is 17.3. The molecular weight excluding hydrogens is 406 g/mol. The third-order valence-electron chi connectivity index (χ3n) is 5.84. The highest BCUT2D eigenvalue weighted by Crippen LogP contribution is 2.31. The Labute approximate surface area is 184 Å². The molecule has 8 nitrogen and oxygen atoms in total. The molecule has 4 aromatic rings. The first-order valence-corrected chi connectivity index (χ1v) is 10.4. The van der Waals surface area contributed by atoms with Crippen LogP contribution in [0.4, 0.5) is 11.4 Å². The molecule has 0 saturated heterocycles. The highest BCUT2D eigenvalue weighted by Gasteiger charge is 2.26. The van der Waals surface area contributed by atoms with Gasteiger partial charge in [0.05, 0.1) is 23.5 Å². The fraction of sp³-hybridized carbons (Fsp3) is 0.167. The van der Waals surface area contributed by atoms with Crippen molar-refractivity contribution in [2.24, 2.45) is 0 Å². The van der Waals surface area contributed by atoms with Crippen molar-refractivity contribution < 1.29 is 9.72 Å². The molecule has 1 N–H and O–H groups in total. The van der Waals surface area contributed by atoms with E-state index in [4.69, 9.17) is 0 Å². The van der Waals surface area contributed by atoms with Crippen LogP contribution in [0.1, 0.15) is 21.6 Å². The van der Waals surface area contributed by atoms with Gasteiger partial charge >= 0.3 is 0 Å². The van der Waals surface area contributed by atoms with Crippen molar-refractivity contribution in [3.8, 4) is 0 Å². The largest absolute Gasteiger partial charge is 0.363 e. The van der Waals surface area contributed by atoms with Crippen LogP contribution in [0.15, 0.2) is 73.2 Å². The van der Waals surface area contributed by atoms with E-state index in [0.29, 0.717) is 31.7 Å². The highest BCUT2D eigenvalue weighted by atomic mass is 16.6.